The van der Waals surface area contributed by atoms with Crippen LogP contribution in [0.1, 0.15) is 16.8 Å². The lowest BCUT2D eigenvalue weighted by molar-refractivity contribution is -0.140. The van der Waals surface area contributed by atoms with Gasteiger partial charge in [-0.25, -0.2) is 0 Å². The second-order valence-corrected chi connectivity index (χ2v) is 3.89. The predicted octanol–water partition coefficient (Wildman–Crippen LogP) is 0.0498. The van der Waals surface area contributed by atoms with E-state index in [4.69, 9.17) is 5.11 Å². The van der Waals surface area contributed by atoms with Crippen molar-refractivity contribution in [1.82, 2.24) is 10.6 Å². The van der Waals surface area contributed by atoms with Crippen molar-refractivity contribution in [3.8, 4) is 0 Å². The zero-order valence-corrected chi connectivity index (χ0v) is 10.4. The van der Waals surface area contributed by atoms with E-state index in [0.717, 1.165) is 0 Å². The Morgan fingerprint density at radius 1 is 1.05 bits per heavy atom. The van der Waals surface area contributed by atoms with Crippen LogP contribution in [0, 0.1) is 0 Å². The number of benzene rings is 1. The number of carbonyl (C=O) groups excluding carboxylic acids is 2. The summed E-state index contributed by atoms with van der Waals surface area (Å²) in [6.07, 6.45) is -0.539. The first-order valence-corrected chi connectivity index (χ1v) is 5.87. The highest BCUT2D eigenvalue weighted by Gasteiger charge is 2.06. The second-order valence-electron chi connectivity index (χ2n) is 3.89. The molecule has 0 atom stereocenters. The summed E-state index contributed by atoms with van der Waals surface area (Å²) in [5, 5.41) is 13.7. The number of rotatable bonds is 8. The van der Waals surface area contributed by atoms with Gasteiger partial charge < -0.3 is 15.7 Å². The highest BCUT2D eigenvalue weighted by molar-refractivity contribution is 5.97. The highest BCUT2D eigenvalue weighted by atomic mass is 16.4. The zero-order valence-electron chi connectivity index (χ0n) is 10.4. The minimum absolute atomic E-state index is 0.0301. The lowest BCUT2D eigenvalue weighted by Gasteiger charge is -2.05. The number of Topliss-reactive ketones (excluding diaryl/α,β-unsaturated/α-hetero) is 1. The van der Waals surface area contributed by atoms with Crippen LogP contribution in [0.2, 0.25) is 0 Å². The zero-order chi connectivity index (χ0) is 14.1. The largest absolute Gasteiger partial charge is 0.481 e. The Morgan fingerprint density at radius 2 is 1.74 bits per heavy atom. The molecule has 6 heteroatoms. The summed E-state index contributed by atoms with van der Waals surface area (Å²) in [6.45, 7) is 0.872. The molecular formula is C13H16N2O4. The maximum Gasteiger partial charge on any atom is 0.312 e. The normalized spacial score (nSPS) is 9.89. The average molecular weight is 264 g/mol. The Kier molecular flexibility index (Phi) is 6.25. The summed E-state index contributed by atoms with van der Waals surface area (Å²) in [6, 6.07) is 8.89. The van der Waals surface area contributed by atoms with E-state index in [1.807, 2.05) is 6.07 Å². The molecule has 0 unspecified atom stereocenters. The number of carboxylic acid groups (broad SMARTS) is 1. The van der Waals surface area contributed by atoms with Crippen LogP contribution in [-0.4, -0.2) is 42.4 Å². The van der Waals surface area contributed by atoms with Crippen LogP contribution in [0.4, 0.5) is 0 Å². The first-order valence-electron chi connectivity index (χ1n) is 5.87. The van der Waals surface area contributed by atoms with Crippen molar-refractivity contribution in [2.45, 2.75) is 6.42 Å². The number of ketones is 1. The molecule has 1 amide bonds. The molecule has 6 nitrogen and oxygen atoms in total. The van der Waals surface area contributed by atoms with Crippen LogP contribution in [-0.2, 0) is 9.59 Å². The number of carbonyl (C=O) groups is 3. The van der Waals surface area contributed by atoms with Crippen LogP contribution in [0.3, 0.4) is 0 Å². The van der Waals surface area contributed by atoms with Gasteiger partial charge in [0.25, 0.3) is 0 Å². The molecule has 1 rings (SSSR count). The van der Waals surface area contributed by atoms with E-state index in [9.17, 15) is 14.4 Å². The number of amides is 1. The molecule has 0 aliphatic heterocycles. The van der Waals surface area contributed by atoms with Gasteiger partial charge in [-0.05, 0) is 0 Å². The third-order valence-corrected chi connectivity index (χ3v) is 2.32. The van der Waals surface area contributed by atoms with Gasteiger partial charge in [0.1, 0.15) is 6.42 Å². The first kappa shape index (κ1) is 14.8. The summed E-state index contributed by atoms with van der Waals surface area (Å²) < 4.78 is 0. The Labute approximate surface area is 110 Å². The summed E-state index contributed by atoms with van der Waals surface area (Å²) in [7, 11) is 0. The fraction of sp³-hybridized carbons (Fsp3) is 0.308. The van der Waals surface area contributed by atoms with Crippen molar-refractivity contribution >= 4 is 17.7 Å². The average Bonchev–Trinajstić information content (AvgIpc) is 2.38. The van der Waals surface area contributed by atoms with Crippen molar-refractivity contribution in [2.24, 2.45) is 0 Å². The van der Waals surface area contributed by atoms with Gasteiger partial charge in [0, 0.05) is 18.7 Å². The Balaban J connectivity index is 2.13. The molecule has 0 bridgehead atoms. The molecule has 0 aliphatic carbocycles. The lowest BCUT2D eigenvalue weighted by atomic mass is 10.1. The Bertz CT molecular complexity index is 445. The van der Waals surface area contributed by atoms with E-state index in [1.165, 1.54) is 0 Å². The standard InChI is InChI=1S/C13H16N2O4/c16-11(10-4-2-1-3-5-10)9-14-6-7-15-12(17)8-13(18)19/h1-5,14H,6-9H2,(H,15,17)(H,18,19). The number of hydrogen-bond acceptors (Lipinski definition) is 4. The molecular weight excluding hydrogens is 248 g/mol. The molecule has 1 aromatic carbocycles. The number of aliphatic carboxylic acids is 1. The van der Waals surface area contributed by atoms with Crippen LogP contribution >= 0.6 is 0 Å². The molecule has 0 spiro atoms. The van der Waals surface area contributed by atoms with Gasteiger partial charge in [-0.1, -0.05) is 30.3 Å². The first-order chi connectivity index (χ1) is 9.09. The van der Waals surface area contributed by atoms with Crippen molar-refractivity contribution < 1.29 is 19.5 Å². The van der Waals surface area contributed by atoms with Crippen LogP contribution < -0.4 is 10.6 Å². The van der Waals surface area contributed by atoms with E-state index in [2.05, 4.69) is 10.6 Å². The van der Waals surface area contributed by atoms with Gasteiger partial charge in [-0.2, -0.15) is 0 Å². The predicted molar refractivity (Wildman–Crippen MR) is 68.9 cm³/mol. The lowest BCUT2D eigenvalue weighted by Crippen LogP contribution is -2.34. The van der Waals surface area contributed by atoms with Crippen LogP contribution in [0.25, 0.3) is 0 Å². The maximum atomic E-state index is 11.7. The molecule has 0 radical (unpaired) electrons. The summed E-state index contributed by atoms with van der Waals surface area (Å²) in [5.74, 6) is -1.73. The SMILES string of the molecule is O=C(O)CC(=O)NCCNCC(=O)c1ccccc1. The number of hydrogen-bond donors (Lipinski definition) is 3. The highest BCUT2D eigenvalue weighted by Crippen LogP contribution is 1.98. The third-order valence-electron chi connectivity index (χ3n) is 2.32. The van der Waals surface area contributed by atoms with E-state index < -0.39 is 18.3 Å². The maximum absolute atomic E-state index is 11.7. The second kappa shape index (κ2) is 7.99. The summed E-state index contributed by atoms with van der Waals surface area (Å²) >= 11 is 0. The Morgan fingerprint density at radius 3 is 2.37 bits per heavy atom. The molecule has 0 saturated carbocycles. The number of nitrogens with one attached hydrogen (secondary N) is 2. The molecule has 0 heterocycles. The van der Waals surface area contributed by atoms with Crippen LogP contribution in [0.5, 0.6) is 0 Å². The van der Waals surface area contributed by atoms with Crippen molar-refractivity contribution in [1.29, 1.82) is 0 Å². The van der Waals surface area contributed by atoms with Gasteiger partial charge in [0.05, 0.1) is 6.54 Å². The van der Waals surface area contributed by atoms with Gasteiger partial charge in [0.2, 0.25) is 5.91 Å². The van der Waals surface area contributed by atoms with Gasteiger partial charge in [0.15, 0.2) is 5.78 Å². The summed E-state index contributed by atoms with van der Waals surface area (Å²) in [5.41, 5.74) is 0.630. The topological polar surface area (TPSA) is 95.5 Å². The van der Waals surface area contributed by atoms with E-state index >= 15 is 0 Å². The van der Waals surface area contributed by atoms with Gasteiger partial charge >= 0.3 is 5.97 Å². The Hall–Kier alpha value is -2.21. The van der Waals surface area contributed by atoms with E-state index in [1.54, 1.807) is 24.3 Å². The molecule has 102 valence electrons. The number of carboxylic acids is 1. The van der Waals surface area contributed by atoms with E-state index in [-0.39, 0.29) is 18.9 Å². The molecule has 19 heavy (non-hydrogen) atoms. The van der Waals surface area contributed by atoms with E-state index in [0.29, 0.717) is 12.1 Å². The van der Waals surface area contributed by atoms with Crippen molar-refractivity contribution in [3.63, 3.8) is 0 Å². The van der Waals surface area contributed by atoms with Crippen molar-refractivity contribution in [3.05, 3.63) is 35.9 Å². The monoisotopic (exact) mass is 264 g/mol. The van der Waals surface area contributed by atoms with Crippen LogP contribution in [0.15, 0.2) is 30.3 Å². The molecule has 0 saturated heterocycles. The van der Waals surface area contributed by atoms with Gasteiger partial charge in [-0.15, -0.1) is 0 Å². The molecule has 0 aliphatic rings. The fourth-order valence-electron chi connectivity index (χ4n) is 1.42. The minimum Gasteiger partial charge on any atom is -0.481 e. The quantitative estimate of drug-likeness (QED) is 0.350. The molecule has 0 aromatic heterocycles. The summed E-state index contributed by atoms with van der Waals surface area (Å²) in [4.78, 5) is 32.9. The van der Waals surface area contributed by atoms with Gasteiger partial charge in [-0.3, -0.25) is 14.4 Å². The molecule has 0 fully saturated rings. The fourth-order valence-corrected chi connectivity index (χ4v) is 1.42. The molecule has 3 N–H and O–H groups in total. The van der Waals surface area contributed by atoms with Crippen molar-refractivity contribution in [2.75, 3.05) is 19.6 Å². The smallest absolute Gasteiger partial charge is 0.312 e. The molecule has 1 aromatic rings. The minimum atomic E-state index is -1.16. The third kappa shape index (κ3) is 6.32.